The van der Waals surface area contributed by atoms with Crippen molar-refractivity contribution in [2.75, 3.05) is 55.3 Å². The standard InChI is InChI=1S/C50H54ClN7O13S2/c1-50(2,3)71-49(67)44-42(70-26-39(61)62)41(51)43(72-44)30-8-5-10-33(24-30)53-31-17-21-57(22-18-31)73(68,69)27-28-7-4-9-32(23-28)54-45(63)29-15-19-56(20-16-29)38(60)25-52-35-12-6-11-34-40(35)48(66)58(47(34)65)36-13-14-37(59)55-46(36)64/h4-12,23-24,29,31,36,52-53H,13-22,25-27H2,1-3H3,(H,54,63)(H,61,62)(H,55,59,64). The first-order valence-corrected chi connectivity index (χ1v) is 26.5. The van der Waals surface area contributed by atoms with Gasteiger partial charge in [-0.05, 0) is 100 Å². The van der Waals surface area contributed by atoms with Gasteiger partial charge in [0, 0.05) is 61.6 Å². The minimum atomic E-state index is -3.74. The highest BCUT2D eigenvalue weighted by atomic mass is 35.5. The number of nitrogens with zero attached hydrogens (tertiary/aromatic N) is 3. The molecule has 6 amide bonds. The van der Waals surface area contributed by atoms with Crippen molar-refractivity contribution in [2.45, 2.75) is 82.7 Å². The first-order chi connectivity index (χ1) is 34.6. The minimum Gasteiger partial charge on any atom is -0.479 e. The number of nitrogens with one attached hydrogen (secondary N) is 4. The number of halogens is 1. The number of carbonyl (C=O) groups is 8. The molecule has 3 saturated heterocycles. The van der Waals surface area contributed by atoms with E-state index in [0.717, 1.165) is 21.9 Å². The average molecular weight is 1060 g/mol. The van der Waals surface area contributed by atoms with E-state index in [4.69, 9.17) is 21.1 Å². The highest BCUT2D eigenvalue weighted by Crippen LogP contribution is 2.47. The van der Waals surface area contributed by atoms with Gasteiger partial charge in [-0.25, -0.2) is 22.3 Å². The molecule has 0 radical (unpaired) electrons. The van der Waals surface area contributed by atoms with Crippen LogP contribution in [-0.2, 0) is 44.5 Å². The Balaban J connectivity index is 0.799. The Morgan fingerprint density at radius 3 is 2.27 bits per heavy atom. The predicted molar refractivity (Wildman–Crippen MR) is 270 cm³/mol. The molecule has 4 aliphatic rings. The maximum atomic E-state index is 13.7. The summed E-state index contributed by atoms with van der Waals surface area (Å²) in [5.41, 5.74) is 1.89. The molecule has 20 nitrogen and oxygen atoms in total. The number of hydrogen-bond donors (Lipinski definition) is 5. The molecule has 3 fully saturated rings. The number of likely N-dealkylation sites (tertiary alicyclic amines) is 1. The van der Waals surface area contributed by atoms with E-state index in [2.05, 4.69) is 21.3 Å². The highest BCUT2D eigenvalue weighted by Gasteiger charge is 2.46. The molecular weight excluding hydrogens is 1010 g/mol. The summed E-state index contributed by atoms with van der Waals surface area (Å²) in [7, 11) is -3.74. The van der Waals surface area contributed by atoms with Gasteiger partial charge < -0.3 is 35.4 Å². The normalized spacial score (nSPS) is 18.0. The summed E-state index contributed by atoms with van der Waals surface area (Å²) in [6.45, 7) is 5.35. The maximum absolute atomic E-state index is 13.7. The Morgan fingerprint density at radius 2 is 1.58 bits per heavy atom. The number of hydrogen-bond acceptors (Lipinski definition) is 15. The zero-order valence-corrected chi connectivity index (χ0v) is 42.5. The van der Waals surface area contributed by atoms with Crippen LogP contribution in [0.3, 0.4) is 0 Å². The fraction of sp³-hybridized carbons (Fsp3) is 0.400. The fourth-order valence-electron chi connectivity index (χ4n) is 9.19. The molecule has 0 aliphatic carbocycles. The van der Waals surface area contributed by atoms with Crippen molar-refractivity contribution in [1.82, 2.24) is 19.4 Å². The quantitative estimate of drug-likeness (QED) is 0.0677. The third-order valence-electron chi connectivity index (χ3n) is 12.7. The molecule has 73 heavy (non-hydrogen) atoms. The van der Waals surface area contributed by atoms with Crippen LogP contribution in [0.5, 0.6) is 5.75 Å². The lowest BCUT2D eigenvalue weighted by Gasteiger charge is -2.32. The molecule has 0 bridgehead atoms. The van der Waals surface area contributed by atoms with E-state index in [-0.39, 0.29) is 88.5 Å². The van der Waals surface area contributed by atoms with Crippen molar-refractivity contribution in [3.63, 3.8) is 0 Å². The molecule has 1 atom stereocenters. The Morgan fingerprint density at radius 1 is 0.877 bits per heavy atom. The molecule has 3 aromatic carbocycles. The van der Waals surface area contributed by atoms with E-state index in [1.807, 2.05) is 12.1 Å². The van der Waals surface area contributed by atoms with Crippen molar-refractivity contribution in [1.29, 1.82) is 0 Å². The summed E-state index contributed by atoms with van der Waals surface area (Å²) in [5, 5.41) is 20.8. The summed E-state index contributed by atoms with van der Waals surface area (Å²) in [5.74, 6) is -5.78. The van der Waals surface area contributed by atoms with Crippen LogP contribution < -0.4 is 26.0 Å². The number of anilines is 3. The number of carboxylic acid groups (broad SMARTS) is 1. The Labute approximate surface area is 429 Å². The van der Waals surface area contributed by atoms with Gasteiger partial charge in [-0.3, -0.25) is 39.0 Å². The van der Waals surface area contributed by atoms with Crippen molar-refractivity contribution >= 4 is 97.4 Å². The van der Waals surface area contributed by atoms with Crippen LogP contribution in [0, 0.1) is 5.92 Å². The lowest BCUT2D eigenvalue weighted by Crippen LogP contribution is -2.54. The highest BCUT2D eigenvalue weighted by molar-refractivity contribution is 7.88. The van der Waals surface area contributed by atoms with E-state index in [1.54, 1.807) is 74.2 Å². The molecule has 5 heterocycles. The lowest BCUT2D eigenvalue weighted by atomic mass is 9.95. The first-order valence-electron chi connectivity index (χ1n) is 23.7. The largest absolute Gasteiger partial charge is 0.479 e. The SMILES string of the molecule is CC(C)(C)OC(=O)c1sc(-c2cccc(NC3CCN(S(=O)(=O)Cc4cccc(NC(=O)C5CCN(C(=O)CNc6cccc7c6C(=O)N(C6CCC(=O)NC6=O)C7=O)CC5)c4)CC3)c2)c(Cl)c1OCC(=O)O. The molecule has 4 aliphatic heterocycles. The Kier molecular flexibility index (Phi) is 15.6. The molecule has 5 N–H and O–H groups in total. The molecule has 23 heteroatoms. The van der Waals surface area contributed by atoms with Crippen molar-refractivity contribution in [2.24, 2.45) is 5.92 Å². The van der Waals surface area contributed by atoms with E-state index in [9.17, 15) is 51.9 Å². The molecule has 8 rings (SSSR count). The molecule has 4 aromatic rings. The first kappa shape index (κ1) is 52.4. The van der Waals surface area contributed by atoms with Gasteiger partial charge in [0.15, 0.2) is 17.2 Å². The van der Waals surface area contributed by atoms with Gasteiger partial charge in [-0.15, -0.1) is 11.3 Å². The number of esters is 1. The number of imide groups is 2. The van der Waals surface area contributed by atoms with Crippen LogP contribution in [0.25, 0.3) is 10.4 Å². The van der Waals surface area contributed by atoms with E-state index in [0.29, 0.717) is 60.5 Å². The average Bonchev–Trinajstić information content (AvgIpc) is 3.81. The van der Waals surface area contributed by atoms with Gasteiger partial charge in [0.25, 0.3) is 11.8 Å². The number of carbonyl (C=O) groups excluding carboxylic acids is 7. The lowest BCUT2D eigenvalue weighted by molar-refractivity contribution is -0.139. The number of sulfonamides is 1. The second-order valence-electron chi connectivity index (χ2n) is 19.1. The smallest absolute Gasteiger partial charge is 0.352 e. The van der Waals surface area contributed by atoms with Gasteiger partial charge in [0.1, 0.15) is 16.7 Å². The third-order valence-corrected chi connectivity index (χ3v) is 16.3. The number of fused-ring (bicyclic) bond motifs is 1. The number of thiophene rings is 1. The van der Waals surface area contributed by atoms with Gasteiger partial charge in [-0.2, -0.15) is 0 Å². The number of ether oxygens (including phenoxy) is 2. The summed E-state index contributed by atoms with van der Waals surface area (Å²) in [6.07, 6.45) is 1.79. The van der Waals surface area contributed by atoms with Gasteiger partial charge in [0.05, 0.1) is 28.3 Å². The Bertz CT molecular complexity index is 2990. The number of rotatable bonds is 16. The summed E-state index contributed by atoms with van der Waals surface area (Å²) in [4.78, 5) is 105. The maximum Gasteiger partial charge on any atom is 0.352 e. The van der Waals surface area contributed by atoms with E-state index in [1.165, 1.54) is 10.4 Å². The molecule has 386 valence electrons. The molecule has 1 aromatic heterocycles. The van der Waals surface area contributed by atoms with Gasteiger partial charge in [0.2, 0.25) is 33.7 Å². The zero-order valence-electron chi connectivity index (χ0n) is 40.2. The number of piperidine rings is 3. The second kappa shape index (κ2) is 21.7. The molecule has 0 saturated carbocycles. The van der Waals surface area contributed by atoms with Crippen LogP contribution in [0.15, 0.2) is 66.7 Å². The van der Waals surface area contributed by atoms with Crippen LogP contribution in [0.2, 0.25) is 5.02 Å². The van der Waals surface area contributed by atoms with Crippen LogP contribution in [0.1, 0.15) is 95.2 Å². The van der Waals surface area contributed by atoms with Crippen LogP contribution in [-0.4, -0.2) is 132 Å². The molecular formula is C50H54ClN7O13S2. The van der Waals surface area contributed by atoms with Gasteiger partial charge >= 0.3 is 11.9 Å². The zero-order chi connectivity index (χ0) is 52.4. The molecule has 1 unspecified atom stereocenters. The van der Waals surface area contributed by atoms with Crippen molar-refractivity contribution in [3.8, 4) is 16.2 Å². The molecule has 0 spiro atoms. The summed E-state index contributed by atoms with van der Waals surface area (Å²) >= 11 is 7.73. The van der Waals surface area contributed by atoms with Crippen LogP contribution >= 0.6 is 22.9 Å². The van der Waals surface area contributed by atoms with Crippen molar-refractivity contribution in [3.05, 3.63) is 93.3 Å². The van der Waals surface area contributed by atoms with Crippen molar-refractivity contribution < 1.29 is 61.4 Å². The van der Waals surface area contributed by atoms with E-state index < -0.39 is 69.8 Å². The van der Waals surface area contributed by atoms with E-state index >= 15 is 0 Å². The number of carboxylic acids is 1. The van der Waals surface area contributed by atoms with Gasteiger partial charge in [-0.1, -0.05) is 41.9 Å². The monoisotopic (exact) mass is 1060 g/mol. The topological polar surface area (TPSA) is 267 Å². The number of aliphatic carboxylic acids is 1. The summed E-state index contributed by atoms with van der Waals surface area (Å²) in [6, 6.07) is 17.4. The van der Waals surface area contributed by atoms with Crippen LogP contribution in [0.4, 0.5) is 17.1 Å². The predicted octanol–water partition coefficient (Wildman–Crippen LogP) is 5.58. The number of amides is 6. The third kappa shape index (κ3) is 12.2. The summed E-state index contributed by atoms with van der Waals surface area (Å²) < 4.78 is 39.8. The minimum absolute atomic E-state index is 0.0107. The fourth-order valence-corrected chi connectivity index (χ4v) is 12.2. The Hall–Kier alpha value is -6.88. The number of benzene rings is 3. The second-order valence-corrected chi connectivity index (χ2v) is 22.5.